The Morgan fingerprint density at radius 1 is 1.24 bits per heavy atom. The number of aromatic nitrogens is 4. The summed E-state index contributed by atoms with van der Waals surface area (Å²) in [5.74, 6) is 0.218. The zero-order valence-electron chi connectivity index (χ0n) is 11.2. The lowest BCUT2D eigenvalue weighted by atomic mass is 10.1. The number of nitrogens with two attached hydrogens (primary N) is 1. The van der Waals surface area contributed by atoms with E-state index in [1.54, 1.807) is 0 Å². The zero-order chi connectivity index (χ0) is 15.6. The summed E-state index contributed by atoms with van der Waals surface area (Å²) in [4.78, 5) is 11.9. The fourth-order valence-corrected chi connectivity index (χ4v) is 2.17. The van der Waals surface area contributed by atoms with E-state index in [1.165, 1.54) is 17.2 Å². The molecular weight excluding hydrogens is 282 g/mol. The van der Waals surface area contributed by atoms with Crippen LogP contribution in [-0.2, 0) is 4.74 Å². The maximum Gasteiger partial charge on any atom is 0.167 e. The van der Waals surface area contributed by atoms with Gasteiger partial charge < -0.3 is 30.9 Å². The highest BCUT2D eigenvalue weighted by molar-refractivity contribution is 5.81. The lowest BCUT2D eigenvalue weighted by molar-refractivity contribution is -0.0511. The minimum Gasteiger partial charge on any atom is -0.400 e. The quantitative estimate of drug-likeness (QED) is 0.408. The summed E-state index contributed by atoms with van der Waals surface area (Å²) < 4.78 is 6.85. The summed E-state index contributed by atoms with van der Waals surface area (Å²) >= 11 is 0. The first-order valence-corrected chi connectivity index (χ1v) is 6.13. The first kappa shape index (κ1) is 15.5. The molecule has 0 spiro atoms. The minimum absolute atomic E-state index is 0.218. The van der Waals surface area contributed by atoms with Gasteiger partial charge in [0.05, 0.1) is 12.9 Å². The number of imidazole rings is 1. The second-order valence-corrected chi connectivity index (χ2v) is 4.31. The van der Waals surface area contributed by atoms with Crippen molar-refractivity contribution >= 4 is 17.0 Å². The van der Waals surface area contributed by atoms with Gasteiger partial charge in [-0.3, -0.25) is 4.57 Å². The van der Waals surface area contributed by atoms with Gasteiger partial charge in [-0.15, -0.1) is 0 Å². The SMILES string of the molecule is CO.Nc1ncnc2c1ncn2[C@@H]1O[C@H](CO)[C@@H](O)[C@H]1O. The van der Waals surface area contributed by atoms with Gasteiger partial charge in [-0.25, -0.2) is 15.0 Å². The molecule has 1 aliphatic heterocycles. The molecule has 3 heterocycles. The van der Waals surface area contributed by atoms with E-state index >= 15 is 0 Å². The molecule has 0 bridgehead atoms. The van der Waals surface area contributed by atoms with Crippen molar-refractivity contribution in [3.8, 4) is 0 Å². The number of anilines is 1. The van der Waals surface area contributed by atoms with E-state index in [4.69, 9.17) is 20.7 Å². The molecule has 10 nitrogen and oxygen atoms in total. The van der Waals surface area contributed by atoms with Gasteiger partial charge in [0.15, 0.2) is 17.7 Å². The number of hydrogen-bond donors (Lipinski definition) is 5. The Kier molecular flexibility index (Phi) is 4.65. The first-order valence-electron chi connectivity index (χ1n) is 6.13. The van der Waals surface area contributed by atoms with Crippen LogP contribution in [0.2, 0.25) is 0 Å². The van der Waals surface area contributed by atoms with Crippen molar-refractivity contribution in [1.29, 1.82) is 0 Å². The van der Waals surface area contributed by atoms with E-state index in [2.05, 4.69) is 15.0 Å². The van der Waals surface area contributed by atoms with Crippen LogP contribution in [0.3, 0.4) is 0 Å². The first-order chi connectivity index (χ1) is 10.1. The molecule has 0 radical (unpaired) electrons. The van der Waals surface area contributed by atoms with Crippen molar-refractivity contribution in [2.24, 2.45) is 0 Å². The maximum absolute atomic E-state index is 9.95. The van der Waals surface area contributed by atoms with Crippen LogP contribution in [0.25, 0.3) is 11.2 Å². The summed E-state index contributed by atoms with van der Waals surface area (Å²) in [5, 5.41) is 35.7. The van der Waals surface area contributed by atoms with Gasteiger partial charge in [-0.2, -0.15) is 0 Å². The lowest BCUT2D eigenvalue weighted by Gasteiger charge is -2.16. The third-order valence-electron chi connectivity index (χ3n) is 3.18. The van der Waals surface area contributed by atoms with Gasteiger partial charge in [0.25, 0.3) is 0 Å². The van der Waals surface area contributed by atoms with Crippen molar-refractivity contribution in [2.45, 2.75) is 24.5 Å². The average Bonchev–Trinajstić information content (AvgIpc) is 3.05. The van der Waals surface area contributed by atoms with E-state index in [9.17, 15) is 10.2 Å². The summed E-state index contributed by atoms with van der Waals surface area (Å²) in [6.45, 7) is -0.390. The summed E-state index contributed by atoms with van der Waals surface area (Å²) in [7, 11) is 1.00. The molecule has 0 aliphatic carbocycles. The number of aliphatic hydroxyl groups is 4. The third kappa shape index (κ3) is 2.54. The number of nitrogen functional groups attached to an aromatic ring is 1. The standard InChI is InChI=1S/C10H13N5O4.CH4O/c11-8-5-9(13-2-12-8)15(3-14-5)10-7(18)6(17)4(1-16)19-10;1-2/h2-4,6-7,10,16-18H,1H2,(H2,11,12,13);2H,1H3/t4-,6-,7-,10-;/m1./s1. The van der Waals surface area contributed by atoms with Gasteiger partial charge in [0.2, 0.25) is 0 Å². The molecule has 1 saturated heterocycles. The number of aliphatic hydroxyl groups excluding tert-OH is 4. The van der Waals surface area contributed by atoms with E-state index in [-0.39, 0.29) is 5.82 Å². The molecule has 4 atom stereocenters. The topological polar surface area (TPSA) is 160 Å². The van der Waals surface area contributed by atoms with Gasteiger partial charge in [0, 0.05) is 7.11 Å². The maximum atomic E-state index is 9.95. The number of rotatable bonds is 2. The molecule has 0 aromatic carbocycles. The van der Waals surface area contributed by atoms with Crippen LogP contribution in [0.1, 0.15) is 6.23 Å². The normalized spacial score (nSPS) is 28.4. The highest BCUT2D eigenvalue weighted by Gasteiger charge is 2.43. The Morgan fingerprint density at radius 2 is 1.95 bits per heavy atom. The summed E-state index contributed by atoms with van der Waals surface area (Å²) in [6.07, 6.45) is -1.42. The van der Waals surface area contributed by atoms with Gasteiger partial charge in [-0.1, -0.05) is 0 Å². The van der Waals surface area contributed by atoms with Crippen LogP contribution in [0, 0.1) is 0 Å². The van der Waals surface area contributed by atoms with Crippen LogP contribution < -0.4 is 5.73 Å². The van der Waals surface area contributed by atoms with Crippen LogP contribution in [0.5, 0.6) is 0 Å². The fraction of sp³-hybridized carbons (Fsp3) is 0.545. The summed E-state index contributed by atoms with van der Waals surface area (Å²) in [5.41, 5.74) is 6.44. The molecule has 1 fully saturated rings. The molecule has 2 aromatic rings. The molecule has 0 amide bonds. The van der Waals surface area contributed by atoms with Gasteiger partial charge in [0.1, 0.15) is 30.2 Å². The number of fused-ring (bicyclic) bond motifs is 1. The average molecular weight is 299 g/mol. The van der Waals surface area contributed by atoms with E-state index in [0.29, 0.717) is 11.2 Å². The van der Waals surface area contributed by atoms with E-state index in [1.807, 2.05) is 0 Å². The lowest BCUT2D eigenvalue weighted by Crippen LogP contribution is -2.33. The Hall–Kier alpha value is -1.85. The third-order valence-corrected chi connectivity index (χ3v) is 3.18. The molecular formula is C11H17N5O5. The number of ether oxygens (including phenoxy) is 1. The van der Waals surface area contributed by atoms with Crippen LogP contribution >= 0.6 is 0 Å². The van der Waals surface area contributed by atoms with Crippen molar-refractivity contribution in [3.63, 3.8) is 0 Å². The second kappa shape index (κ2) is 6.28. The molecule has 2 aromatic heterocycles. The van der Waals surface area contributed by atoms with Crippen LogP contribution in [0.15, 0.2) is 12.7 Å². The Morgan fingerprint density at radius 3 is 2.57 bits per heavy atom. The highest BCUT2D eigenvalue weighted by Crippen LogP contribution is 2.31. The van der Waals surface area contributed by atoms with Gasteiger partial charge >= 0.3 is 0 Å². The Bertz CT molecular complexity index is 606. The van der Waals surface area contributed by atoms with Crippen LogP contribution in [0.4, 0.5) is 5.82 Å². The molecule has 6 N–H and O–H groups in total. The van der Waals surface area contributed by atoms with Crippen molar-refractivity contribution < 1.29 is 25.2 Å². The molecule has 0 saturated carbocycles. The molecule has 1 aliphatic rings. The monoisotopic (exact) mass is 299 g/mol. The molecule has 0 unspecified atom stereocenters. The van der Waals surface area contributed by atoms with E-state index in [0.717, 1.165) is 7.11 Å². The Labute approximate surface area is 119 Å². The molecule has 21 heavy (non-hydrogen) atoms. The predicted octanol–water partition coefficient (Wildman–Crippen LogP) is -2.37. The van der Waals surface area contributed by atoms with Crippen molar-refractivity contribution in [3.05, 3.63) is 12.7 Å². The number of hydrogen-bond acceptors (Lipinski definition) is 9. The smallest absolute Gasteiger partial charge is 0.167 e. The van der Waals surface area contributed by atoms with Crippen molar-refractivity contribution in [1.82, 2.24) is 19.5 Å². The molecule has 10 heteroatoms. The fourth-order valence-electron chi connectivity index (χ4n) is 2.17. The molecule has 3 rings (SSSR count). The van der Waals surface area contributed by atoms with Gasteiger partial charge in [-0.05, 0) is 0 Å². The minimum atomic E-state index is -1.19. The highest BCUT2D eigenvalue weighted by atomic mass is 16.6. The second-order valence-electron chi connectivity index (χ2n) is 4.31. The zero-order valence-corrected chi connectivity index (χ0v) is 11.2. The molecule has 116 valence electrons. The van der Waals surface area contributed by atoms with Crippen molar-refractivity contribution in [2.75, 3.05) is 19.5 Å². The van der Waals surface area contributed by atoms with E-state index < -0.39 is 31.1 Å². The van der Waals surface area contributed by atoms with Crippen LogP contribution in [-0.4, -0.2) is 72.0 Å². The summed E-state index contributed by atoms with van der Waals surface area (Å²) in [6, 6.07) is 0. The number of nitrogens with zero attached hydrogens (tertiary/aromatic N) is 4. The predicted molar refractivity (Wildman–Crippen MR) is 70.9 cm³/mol. The Balaban J connectivity index is 0.000000774. The largest absolute Gasteiger partial charge is 0.400 e.